The lowest BCUT2D eigenvalue weighted by molar-refractivity contribution is -0.136. The molecule has 0 atom stereocenters. The molecule has 4 rings (SSSR count). The average Bonchev–Trinajstić information content (AvgIpc) is 3.15. The van der Waals surface area contributed by atoms with Gasteiger partial charge in [0.15, 0.2) is 0 Å². The van der Waals surface area contributed by atoms with Crippen LogP contribution >= 0.6 is 0 Å². The Balaban J connectivity index is 1.74. The molecule has 31 heavy (non-hydrogen) atoms. The third kappa shape index (κ3) is 4.27. The highest BCUT2D eigenvalue weighted by Gasteiger charge is 2.21. The van der Waals surface area contributed by atoms with Gasteiger partial charge in [-0.05, 0) is 76.6 Å². The molecule has 0 fully saturated rings. The molecule has 1 amide bonds. The van der Waals surface area contributed by atoms with Crippen LogP contribution < -0.4 is 11.1 Å². The van der Waals surface area contributed by atoms with Gasteiger partial charge in [-0.3, -0.25) is 9.59 Å². The number of fused-ring (bicyclic) bond motifs is 1. The van der Waals surface area contributed by atoms with Crippen molar-refractivity contribution in [3.05, 3.63) is 94.6 Å². The number of anilines is 1. The summed E-state index contributed by atoms with van der Waals surface area (Å²) in [6, 6.07) is 18.9. The first-order valence-electron chi connectivity index (χ1n) is 10.2. The molecule has 0 aliphatic heterocycles. The van der Waals surface area contributed by atoms with Crippen molar-refractivity contribution >= 4 is 23.1 Å². The molecule has 0 radical (unpaired) electrons. The zero-order valence-corrected chi connectivity index (χ0v) is 17.3. The molecule has 0 saturated heterocycles. The van der Waals surface area contributed by atoms with E-state index in [2.05, 4.69) is 24.4 Å². The Bertz CT molecular complexity index is 1210. The fraction of sp³-hybridized carbons (Fsp3) is 0.154. The number of allylic oxidation sites excluding steroid dienone is 2. The summed E-state index contributed by atoms with van der Waals surface area (Å²) < 4.78 is 0. The predicted octanol–water partition coefficient (Wildman–Crippen LogP) is 4.65. The number of rotatable bonds is 6. The Morgan fingerprint density at radius 1 is 1.06 bits per heavy atom. The lowest BCUT2D eigenvalue weighted by atomic mass is 9.91. The zero-order chi connectivity index (χ0) is 22.0. The number of hydrogen-bond acceptors (Lipinski definition) is 3. The van der Waals surface area contributed by atoms with Crippen LogP contribution in [0, 0.1) is 0 Å². The summed E-state index contributed by atoms with van der Waals surface area (Å²) in [5.74, 6) is -1.20. The molecular weight excluding hydrogens is 388 g/mol. The predicted molar refractivity (Wildman–Crippen MR) is 123 cm³/mol. The number of para-hydroxylation sites is 1. The van der Waals surface area contributed by atoms with Gasteiger partial charge in [0.2, 0.25) is 0 Å². The van der Waals surface area contributed by atoms with E-state index in [4.69, 9.17) is 10.8 Å². The van der Waals surface area contributed by atoms with Crippen LogP contribution in [0.4, 0.5) is 5.69 Å². The van der Waals surface area contributed by atoms with Gasteiger partial charge in [-0.2, -0.15) is 0 Å². The van der Waals surface area contributed by atoms with Gasteiger partial charge in [0, 0.05) is 17.8 Å². The lowest BCUT2D eigenvalue weighted by Gasteiger charge is -2.15. The number of carboxylic acid groups (broad SMARTS) is 1. The van der Waals surface area contributed by atoms with Crippen LogP contribution in [-0.2, 0) is 24.2 Å². The molecule has 1 aliphatic rings. The number of carbonyl (C=O) groups excluding carboxylic acids is 1. The van der Waals surface area contributed by atoms with Crippen molar-refractivity contribution in [2.45, 2.75) is 26.3 Å². The van der Waals surface area contributed by atoms with Gasteiger partial charge in [-0.1, -0.05) is 42.5 Å². The van der Waals surface area contributed by atoms with E-state index in [1.165, 1.54) is 5.57 Å². The summed E-state index contributed by atoms with van der Waals surface area (Å²) in [7, 11) is 0. The highest BCUT2D eigenvalue weighted by atomic mass is 16.4. The van der Waals surface area contributed by atoms with Crippen molar-refractivity contribution in [3.63, 3.8) is 0 Å². The number of hydrogen-bond donors (Lipinski definition) is 3. The number of nitrogens with one attached hydrogen (secondary N) is 1. The number of carboxylic acids is 1. The second kappa shape index (κ2) is 8.58. The summed E-state index contributed by atoms with van der Waals surface area (Å²) in [5, 5.41) is 12.0. The quantitative estimate of drug-likeness (QED) is 0.549. The van der Waals surface area contributed by atoms with Crippen LogP contribution in [0.5, 0.6) is 0 Å². The summed E-state index contributed by atoms with van der Waals surface area (Å²) in [4.78, 5) is 24.3. The smallest absolute Gasteiger partial charge is 0.307 e. The molecule has 0 spiro atoms. The number of amides is 1. The van der Waals surface area contributed by atoms with Gasteiger partial charge in [-0.25, -0.2) is 0 Å². The second-order valence-corrected chi connectivity index (χ2v) is 7.74. The van der Waals surface area contributed by atoms with Crippen LogP contribution in [0.3, 0.4) is 0 Å². The maximum atomic E-state index is 13.1. The van der Waals surface area contributed by atoms with Crippen LogP contribution in [0.25, 0.3) is 16.7 Å². The standard InChI is InChI=1S/C26H24N2O3/c1-16-9-10-20-12-21(13-22(25(16)20)18-7-4-5-17(11-18)15-27)26(31)28-23-8-3-2-6-19(23)14-24(29)30/h2-9,11-13H,10,14-15,27H2,1H3,(H,28,31)(H,29,30). The van der Waals surface area contributed by atoms with Crippen molar-refractivity contribution in [1.82, 2.24) is 0 Å². The van der Waals surface area contributed by atoms with Crippen LogP contribution in [0.15, 0.2) is 66.7 Å². The van der Waals surface area contributed by atoms with Gasteiger partial charge < -0.3 is 16.2 Å². The third-order valence-electron chi connectivity index (χ3n) is 5.59. The van der Waals surface area contributed by atoms with E-state index in [0.717, 1.165) is 34.2 Å². The van der Waals surface area contributed by atoms with Gasteiger partial charge in [0.1, 0.15) is 0 Å². The molecule has 0 saturated carbocycles. The fourth-order valence-electron chi connectivity index (χ4n) is 4.07. The van der Waals surface area contributed by atoms with E-state index in [9.17, 15) is 9.59 Å². The molecule has 1 aliphatic carbocycles. The Labute approximate surface area is 181 Å². The maximum absolute atomic E-state index is 13.1. The largest absolute Gasteiger partial charge is 0.481 e. The summed E-state index contributed by atoms with van der Waals surface area (Å²) in [6.07, 6.45) is 2.80. The molecule has 156 valence electrons. The molecule has 0 heterocycles. The summed E-state index contributed by atoms with van der Waals surface area (Å²) >= 11 is 0. The maximum Gasteiger partial charge on any atom is 0.307 e. The van der Waals surface area contributed by atoms with Gasteiger partial charge in [0.25, 0.3) is 5.91 Å². The monoisotopic (exact) mass is 412 g/mol. The Morgan fingerprint density at radius 3 is 2.65 bits per heavy atom. The Kier molecular flexibility index (Phi) is 5.69. The molecule has 5 heteroatoms. The number of nitrogens with two attached hydrogens (primary N) is 1. The van der Waals surface area contributed by atoms with Gasteiger partial charge in [0.05, 0.1) is 6.42 Å². The average molecular weight is 412 g/mol. The first-order valence-corrected chi connectivity index (χ1v) is 10.2. The number of aliphatic carboxylic acids is 1. The SMILES string of the molecule is CC1=CCc2cc(C(=O)Nc3ccccc3CC(=O)O)cc(-c3cccc(CN)c3)c21. The normalized spacial score (nSPS) is 12.3. The second-order valence-electron chi connectivity index (χ2n) is 7.74. The van der Waals surface area contributed by atoms with Gasteiger partial charge in [-0.15, -0.1) is 0 Å². The van der Waals surface area contributed by atoms with Crippen LogP contribution in [0.2, 0.25) is 0 Å². The molecule has 5 nitrogen and oxygen atoms in total. The van der Waals surface area contributed by atoms with E-state index >= 15 is 0 Å². The molecular formula is C26H24N2O3. The minimum Gasteiger partial charge on any atom is -0.481 e. The number of benzene rings is 3. The van der Waals surface area contributed by atoms with E-state index in [1.807, 2.05) is 30.3 Å². The Morgan fingerprint density at radius 2 is 1.87 bits per heavy atom. The summed E-state index contributed by atoms with van der Waals surface area (Å²) in [5.41, 5.74) is 14.0. The van der Waals surface area contributed by atoms with Crippen molar-refractivity contribution in [2.24, 2.45) is 5.73 Å². The van der Waals surface area contributed by atoms with Crippen molar-refractivity contribution in [2.75, 3.05) is 5.32 Å². The molecule has 0 bridgehead atoms. The molecule has 0 aromatic heterocycles. The molecule has 0 unspecified atom stereocenters. The molecule has 3 aromatic rings. The van der Waals surface area contributed by atoms with E-state index < -0.39 is 5.97 Å². The van der Waals surface area contributed by atoms with Crippen LogP contribution in [0.1, 0.15) is 39.5 Å². The summed E-state index contributed by atoms with van der Waals surface area (Å²) in [6.45, 7) is 2.54. The highest BCUT2D eigenvalue weighted by molar-refractivity contribution is 6.06. The van der Waals surface area contributed by atoms with Crippen LogP contribution in [-0.4, -0.2) is 17.0 Å². The highest BCUT2D eigenvalue weighted by Crippen LogP contribution is 2.37. The van der Waals surface area contributed by atoms with Crippen molar-refractivity contribution in [1.29, 1.82) is 0 Å². The van der Waals surface area contributed by atoms with Crippen molar-refractivity contribution in [3.8, 4) is 11.1 Å². The van der Waals surface area contributed by atoms with E-state index in [1.54, 1.807) is 24.3 Å². The minimum absolute atomic E-state index is 0.152. The van der Waals surface area contributed by atoms with Gasteiger partial charge >= 0.3 is 5.97 Å². The first kappa shape index (κ1) is 20.6. The van der Waals surface area contributed by atoms with E-state index in [0.29, 0.717) is 23.4 Å². The number of carbonyl (C=O) groups is 2. The van der Waals surface area contributed by atoms with E-state index in [-0.39, 0.29) is 12.3 Å². The molecule has 4 N–H and O–H groups in total. The molecule has 3 aromatic carbocycles. The minimum atomic E-state index is -0.942. The lowest BCUT2D eigenvalue weighted by Crippen LogP contribution is -2.15. The van der Waals surface area contributed by atoms with Crippen molar-refractivity contribution < 1.29 is 14.7 Å². The zero-order valence-electron chi connectivity index (χ0n) is 17.3. The fourth-order valence-corrected chi connectivity index (χ4v) is 4.07. The Hall–Kier alpha value is -3.70. The third-order valence-corrected chi connectivity index (χ3v) is 5.59. The first-order chi connectivity index (χ1) is 15.0. The topological polar surface area (TPSA) is 92.4 Å².